The Morgan fingerprint density at radius 2 is 1.14 bits per heavy atom. The molecule has 0 saturated heterocycles. The maximum Gasteiger partial charge on any atom is 0.260 e. The van der Waals surface area contributed by atoms with Crippen LogP contribution in [-0.2, 0) is 25.7 Å². The molecule has 3 heteroatoms. The van der Waals surface area contributed by atoms with E-state index in [1.54, 1.807) is 0 Å². The summed E-state index contributed by atoms with van der Waals surface area (Å²) in [5.41, 5.74) is 14.5. The molecule has 174 valence electrons. The van der Waals surface area contributed by atoms with Gasteiger partial charge in [-0.1, -0.05) is 66.7 Å². The quantitative estimate of drug-likeness (QED) is 0.289. The van der Waals surface area contributed by atoms with Crippen molar-refractivity contribution in [3.63, 3.8) is 0 Å². The first-order valence-corrected chi connectivity index (χ1v) is 13.3. The Balaban J connectivity index is 1.19. The van der Waals surface area contributed by atoms with Crippen LogP contribution >= 0.6 is 0 Å². The predicted molar refractivity (Wildman–Crippen MR) is 150 cm³/mol. The molecule has 0 saturated carbocycles. The third-order valence-corrected chi connectivity index (χ3v) is 8.84. The highest BCUT2D eigenvalue weighted by atomic mass is 16.5. The molecule has 0 fully saturated rings. The molecule has 37 heavy (non-hydrogen) atoms. The number of ether oxygens (including phenoxy) is 2. The first kappa shape index (κ1) is 19.9. The topological polar surface area (TPSA) is 18.5 Å². The van der Waals surface area contributed by atoms with E-state index in [4.69, 9.17) is 9.47 Å². The molecular weight excluding hydrogens is 451 g/mol. The maximum atomic E-state index is 6.53. The molecule has 2 aliphatic heterocycles. The summed E-state index contributed by atoms with van der Waals surface area (Å²) in [6, 6.07) is 33.2. The molecule has 0 radical (unpaired) electrons. The molecule has 2 aliphatic carbocycles. The highest BCUT2D eigenvalue weighted by Crippen LogP contribution is 2.39. The maximum absolute atomic E-state index is 6.53. The third-order valence-electron chi connectivity index (χ3n) is 8.84. The van der Waals surface area contributed by atoms with Crippen molar-refractivity contribution in [1.29, 1.82) is 0 Å². The molecule has 0 spiro atoms. The second-order valence-electron chi connectivity index (χ2n) is 10.7. The van der Waals surface area contributed by atoms with Crippen LogP contribution in [0, 0.1) is 0 Å². The van der Waals surface area contributed by atoms with Crippen molar-refractivity contribution in [3.05, 3.63) is 113 Å². The zero-order valence-electron chi connectivity index (χ0n) is 20.4. The number of aryl methyl sites for hydroxylation is 3. The molecule has 0 bridgehead atoms. The Labute approximate surface area is 216 Å². The SMILES string of the molecule is c1cc2c3c(c1)Oc1cc(-c4cccc5c4CC5)ccc1B3c1ccc(-c3ccc4c(c3)CC4)cc1O2. The van der Waals surface area contributed by atoms with Crippen LogP contribution in [0.1, 0.15) is 22.3 Å². The van der Waals surface area contributed by atoms with Gasteiger partial charge in [-0.3, -0.25) is 0 Å². The largest absolute Gasteiger partial charge is 0.458 e. The van der Waals surface area contributed by atoms with Crippen LogP contribution in [0.25, 0.3) is 22.3 Å². The van der Waals surface area contributed by atoms with Crippen molar-refractivity contribution in [2.75, 3.05) is 0 Å². The normalized spacial score (nSPS) is 15.0. The van der Waals surface area contributed by atoms with Gasteiger partial charge in [-0.15, -0.1) is 0 Å². The Hall–Kier alpha value is -4.24. The lowest BCUT2D eigenvalue weighted by molar-refractivity contribution is 0.464. The summed E-state index contributed by atoms with van der Waals surface area (Å²) in [4.78, 5) is 0. The Kier molecular flexibility index (Phi) is 3.85. The van der Waals surface area contributed by atoms with E-state index in [9.17, 15) is 0 Å². The first-order valence-electron chi connectivity index (χ1n) is 13.3. The van der Waals surface area contributed by atoms with Crippen molar-refractivity contribution in [2.45, 2.75) is 25.7 Å². The molecule has 0 N–H and O–H groups in total. The van der Waals surface area contributed by atoms with E-state index in [-0.39, 0.29) is 6.71 Å². The molecule has 0 atom stereocenters. The van der Waals surface area contributed by atoms with Crippen molar-refractivity contribution in [3.8, 4) is 45.3 Å². The summed E-state index contributed by atoms with van der Waals surface area (Å²) >= 11 is 0. The van der Waals surface area contributed by atoms with Crippen molar-refractivity contribution in [2.24, 2.45) is 0 Å². The van der Waals surface area contributed by atoms with E-state index in [1.807, 2.05) is 6.07 Å². The van der Waals surface area contributed by atoms with Gasteiger partial charge in [0.25, 0.3) is 6.71 Å². The lowest BCUT2D eigenvalue weighted by atomic mass is 9.35. The molecule has 0 aromatic heterocycles. The highest BCUT2D eigenvalue weighted by molar-refractivity contribution is 6.98. The first-order chi connectivity index (χ1) is 18.3. The highest BCUT2D eigenvalue weighted by Gasteiger charge is 2.40. The summed E-state index contributed by atoms with van der Waals surface area (Å²) in [7, 11) is 0. The summed E-state index contributed by atoms with van der Waals surface area (Å²) in [5.74, 6) is 3.67. The fraction of sp³-hybridized carbons (Fsp3) is 0.118. The van der Waals surface area contributed by atoms with Gasteiger partial charge >= 0.3 is 0 Å². The van der Waals surface area contributed by atoms with Gasteiger partial charge in [-0.05, 0) is 105 Å². The zero-order chi connectivity index (χ0) is 24.1. The standard InChI is InChI=1S/C34H23BO2/c1-3-21-11-14-27(21)26(4-1)25-13-16-29-33(19-25)37-31-6-2-5-30-34(31)35(29)28-15-12-24(18-32(28)36-30)23-10-8-20-7-9-22(20)17-23/h1-6,8,10,12-13,15-19H,7,9,11,14H2. The average Bonchev–Trinajstić information content (AvgIpc) is 2.89. The minimum absolute atomic E-state index is 0.0948. The molecule has 5 aromatic rings. The Morgan fingerprint density at radius 1 is 0.486 bits per heavy atom. The fourth-order valence-electron chi connectivity index (χ4n) is 6.66. The second kappa shape index (κ2) is 7.17. The third kappa shape index (κ3) is 2.77. The van der Waals surface area contributed by atoms with Gasteiger partial charge in [-0.25, -0.2) is 0 Å². The molecule has 2 nitrogen and oxygen atoms in total. The van der Waals surface area contributed by atoms with Gasteiger partial charge in [0, 0.05) is 5.46 Å². The van der Waals surface area contributed by atoms with Gasteiger partial charge in [0.2, 0.25) is 0 Å². The van der Waals surface area contributed by atoms with Crippen LogP contribution in [0.15, 0.2) is 91.0 Å². The molecule has 0 amide bonds. The van der Waals surface area contributed by atoms with Crippen LogP contribution < -0.4 is 25.9 Å². The zero-order valence-corrected chi connectivity index (χ0v) is 20.4. The van der Waals surface area contributed by atoms with Gasteiger partial charge in [0.05, 0.1) is 0 Å². The van der Waals surface area contributed by atoms with E-state index in [0.29, 0.717) is 0 Å². The minimum Gasteiger partial charge on any atom is -0.458 e. The van der Waals surface area contributed by atoms with Crippen LogP contribution in [0.2, 0.25) is 0 Å². The number of hydrogen-bond donors (Lipinski definition) is 0. The van der Waals surface area contributed by atoms with Crippen LogP contribution in [-0.4, -0.2) is 6.71 Å². The molecule has 2 heterocycles. The van der Waals surface area contributed by atoms with Gasteiger partial charge in [-0.2, -0.15) is 0 Å². The summed E-state index contributed by atoms with van der Waals surface area (Å²) < 4.78 is 13.1. The van der Waals surface area contributed by atoms with Crippen LogP contribution in [0.4, 0.5) is 0 Å². The molecular formula is C34H23BO2. The van der Waals surface area contributed by atoms with E-state index in [0.717, 1.165) is 34.9 Å². The van der Waals surface area contributed by atoms with Gasteiger partial charge in [0.15, 0.2) is 0 Å². The monoisotopic (exact) mass is 474 g/mol. The van der Waals surface area contributed by atoms with E-state index >= 15 is 0 Å². The van der Waals surface area contributed by atoms with Crippen molar-refractivity contribution >= 4 is 23.1 Å². The van der Waals surface area contributed by atoms with E-state index in [2.05, 4.69) is 84.9 Å². The number of hydrogen-bond acceptors (Lipinski definition) is 2. The lowest BCUT2D eigenvalue weighted by Gasteiger charge is -2.33. The summed E-state index contributed by atoms with van der Waals surface area (Å²) in [5, 5.41) is 0. The van der Waals surface area contributed by atoms with Crippen molar-refractivity contribution < 1.29 is 9.47 Å². The molecule has 0 unspecified atom stereocenters. The van der Waals surface area contributed by atoms with Crippen LogP contribution in [0.5, 0.6) is 23.0 Å². The molecule has 5 aromatic carbocycles. The van der Waals surface area contributed by atoms with E-state index < -0.39 is 0 Å². The Bertz CT molecular complexity index is 1800. The number of fused-ring (bicyclic) bond motifs is 6. The fourth-order valence-corrected chi connectivity index (χ4v) is 6.66. The van der Waals surface area contributed by atoms with Crippen LogP contribution in [0.3, 0.4) is 0 Å². The number of benzene rings is 5. The smallest absolute Gasteiger partial charge is 0.260 e. The second-order valence-corrected chi connectivity index (χ2v) is 10.7. The molecule has 9 rings (SSSR count). The van der Waals surface area contributed by atoms with E-state index in [1.165, 1.54) is 74.7 Å². The minimum atomic E-state index is 0.0948. The van der Waals surface area contributed by atoms with Gasteiger partial charge in [0.1, 0.15) is 23.0 Å². The molecule has 4 aliphatic rings. The summed E-state index contributed by atoms with van der Waals surface area (Å²) in [6.45, 7) is 0.0948. The summed E-state index contributed by atoms with van der Waals surface area (Å²) in [6.07, 6.45) is 4.75. The predicted octanol–water partition coefficient (Wildman–Crippen LogP) is 5.95. The lowest BCUT2D eigenvalue weighted by Crippen LogP contribution is -2.57. The van der Waals surface area contributed by atoms with Crippen molar-refractivity contribution in [1.82, 2.24) is 0 Å². The number of rotatable bonds is 2. The Morgan fingerprint density at radius 3 is 1.84 bits per heavy atom. The average molecular weight is 474 g/mol. The van der Waals surface area contributed by atoms with Gasteiger partial charge < -0.3 is 9.47 Å².